The quantitative estimate of drug-likeness (QED) is 0.0748. The van der Waals surface area contributed by atoms with E-state index in [1.807, 2.05) is 29.7 Å². The van der Waals surface area contributed by atoms with Crippen LogP contribution >= 0.6 is 0 Å². The van der Waals surface area contributed by atoms with E-state index in [1.54, 1.807) is 0 Å². The summed E-state index contributed by atoms with van der Waals surface area (Å²) in [6, 6.07) is 14.4. The molecule has 9 rings (SSSR count). The third-order valence-corrected chi connectivity index (χ3v) is 16.3. The van der Waals surface area contributed by atoms with Gasteiger partial charge in [0.15, 0.2) is 17.5 Å². The predicted octanol–water partition coefficient (Wildman–Crippen LogP) is 11.0. The molecular weight excluding hydrogens is 915 g/mol. The van der Waals surface area contributed by atoms with Gasteiger partial charge in [-0.1, -0.05) is 60.6 Å². The highest BCUT2D eigenvalue weighted by molar-refractivity contribution is 5.83. The van der Waals surface area contributed by atoms with Gasteiger partial charge in [-0.2, -0.15) is 0 Å². The highest BCUT2D eigenvalue weighted by Crippen LogP contribution is 2.49. The van der Waals surface area contributed by atoms with E-state index in [9.17, 15) is 9.59 Å². The molecule has 4 aliphatic heterocycles. The SMILES string of the molecule is C=C(N[C@H](C(=O)N1CCC[C@H]1c1nc2cc([C@H]3CCC(c4ccc5[nH]c([C@@H]6CCCN6C[C@@H](NC(=O)OC)C(C)C)nc5c4)N3c3cc(F)c(N4CCC(C(C)(C)C)CC4)c(F)c3)ccc2[nH]1)C(C)C)OC. The number of alkyl carbamates (subject to hydrolysis) is 1. The minimum absolute atomic E-state index is 0.0000885. The smallest absolute Gasteiger partial charge is 0.407 e. The fraction of sp³-hybridized carbons (Fsp3) is 0.571. The molecule has 16 heteroatoms. The second-order valence-electron chi connectivity index (χ2n) is 22.5. The summed E-state index contributed by atoms with van der Waals surface area (Å²) in [7, 11) is 2.92. The van der Waals surface area contributed by atoms with Gasteiger partial charge < -0.3 is 44.8 Å². The van der Waals surface area contributed by atoms with E-state index in [-0.39, 0.29) is 59.1 Å². The third kappa shape index (κ3) is 10.3. The van der Waals surface area contributed by atoms with Crippen LogP contribution < -0.4 is 20.4 Å². The van der Waals surface area contributed by atoms with Gasteiger partial charge in [-0.15, -0.1) is 0 Å². The second kappa shape index (κ2) is 20.9. The Labute approximate surface area is 423 Å². The number of likely N-dealkylation sites (tertiary alicyclic amines) is 2. The van der Waals surface area contributed by atoms with Gasteiger partial charge in [0, 0.05) is 37.9 Å². The summed E-state index contributed by atoms with van der Waals surface area (Å²) in [5.74, 6) is 1.54. The molecule has 4 aliphatic rings. The Morgan fingerprint density at radius 3 is 1.85 bits per heavy atom. The van der Waals surface area contributed by atoms with Crippen LogP contribution in [0, 0.1) is 34.8 Å². The summed E-state index contributed by atoms with van der Waals surface area (Å²) < 4.78 is 43.7. The molecular formula is C56H76F2N10O4. The number of piperidine rings is 1. The maximum atomic E-state index is 16.7. The van der Waals surface area contributed by atoms with Crippen molar-refractivity contribution in [1.82, 2.24) is 40.4 Å². The number of fused-ring (bicyclic) bond motifs is 2. The Bertz CT molecular complexity index is 2730. The van der Waals surface area contributed by atoms with E-state index in [0.717, 1.165) is 103 Å². The lowest BCUT2D eigenvalue weighted by Crippen LogP contribution is -2.48. The number of carbonyl (C=O) groups excluding carboxylic acids is 2. The molecule has 388 valence electrons. The number of rotatable bonds is 15. The maximum absolute atomic E-state index is 16.7. The van der Waals surface area contributed by atoms with Crippen molar-refractivity contribution in [2.45, 2.75) is 136 Å². The summed E-state index contributed by atoms with van der Waals surface area (Å²) in [5, 5.41) is 6.19. The summed E-state index contributed by atoms with van der Waals surface area (Å²) in [4.78, 5) is 52.2. The fourth-order valence-corrected chi connectivity index (χ4v) is 12.1. The van der Waals surface area contributed by atoms with Crippen molar-refractivity contribution < 1.29 is 27.8 Å². The van der Waals surface area contributed by atoms with Crippen LogP contribution in [-0.4, -0.2) is 101 Å². The summed E-state index contributed by atoms with van der Waals surface area (Å²) >= 11 is 0. The number of nitrogens with one attached hydrogen (secondary N) is 4. The number of anilines is 2. The standard InChI is InChI=1S/C56H76F2N10O4/c1-32(2)45(64-55(70)72-10)31-66-23-11-13-48(66)52-60-41-17-15-35(27-43(41)62-52)46-19-20-47(68(46)38-29-39(57)51(40(58)30-38)65-25-21-37(22-26-65)56(6,7)8)36-16-18-42-44(28-36)63-53(61-42)49-14-12-24-67(49)54(69)50(33(3)4)59-34(5)71-9/h15-18,27-30,32-33,37,45-50,59H,5,11-14,19-26,31H2,1-4,6-10H3,(H,60,62)(H,61,63)(H,64,70)/t45-,46?,47-,48+,49+,50+/m1/s1. The van der Waals surface area contributed by atoms with E-state index in [1.165, 1.54) is 26.4 Å². The van der Waals surface area contributed by atoms with Crippen LogP contribution in [0.3, 0.4) is 0 Å². The van der Waals surface area contributed by atoms with Crippen molar-refractivity contribution in [2.24, 2.45) is 23.2 Å². The van der Waals surface area contributed by atoms with Crippen LogP contribution in [0.25, 0.3) is 22.1 Å². The lowest BCUT2D eigenvalue weighted by atomic mass is 9.75. The molecule has 4 fully saturated rings. The number of hydrogen-bond acceptors (Lipinski definition) is 10. The Hall–Kier alpha value is -5.90. The van der Waals surface area contributed by atoms with Gasteiger partial charge in [-0.25, -0.2) is 23.5 Å². The van der Waals surface area contributed by atoms with Gasteiger partial charge in [0.25, 0.3) is 0 Å². The first-order valence-corrected chi connectivity index (χ1v) is 26.3. The first kappa shape index (κ1) is 51.0. The number of carbonyl (C=O) groups is 2. The average Bonchev–Trinajstić information content (AvgIpc) is 4.21. The number of aromatic amines is 2. The number of nitrogens with zero attached hydrogens (tertiary/aromatic N) is 6. The predicted molar refractivity (Wildman–Crippen MR) is 279 cm³/mol. The number of H-pyrrole nitrogens is 2. The number of halogens is 2. The lowest BCUT2D eigenvalue weighted by Gasteiger charge is -2.40. The van der Waals surface area contributed by atoms with E-state index in [4.69, 9.17) is 19.4 Å². The Morgan fingerprint density at radius 2 is 1.31 bits per heavy atom. The molecule has 1 unspecified atom stereocenters. The lowest BCUT2D eigenvalue weighted by molar-refractivity contribution is -0.135. The fourth-order valence-electron chi connectivity index (χ4n) is 12.1. The minimum Gasteiger partial charge on any atom is -0.483 e. The molecule has 0 aliphatic carbocycles. The molecule has 2 aromatic heterocycles. The third-order valence-electron chi connectivity index (χ3n) is 16.3. The Balaban J connectivity index is 1.03. The average molecular weight is 991 g/mol. The monoisotopic (exact) mass is 991 g/mol. The normalized spacial score (nSPS) is 22.2. The Morgan fingerprint density at radius 1 is 0.736 bits per heavy atom. The summed E-state index contributed by atoms with van der Waals surface area (Å²) in [5.41, 5.74) is 6.07. The van der Waals surface area contributed by atoms with Crippen LogP contribution in [0.1, 0.15) is 147 Å². The molecule has 4 N–H and O–H groups in total. The van der Waals surface area contributed by atoms with Crippen molar-refractivity contribution in [3.05, 3.63) is 95.4 Å². The number of methoxy groups -OCH3 is 2. The van der Waals surface area contributed by atoms with Gasteiger partial charge in [0.2, 0.25) is 5.91 Å². The minimum atomic E-state index is -0.553. The second-order valence-corrected chi connectivity index (χ2v) is 22.5. The first-order valence-electron chi connectivity index (χ1n) is 26.3. The zero-order valence-corrected chi connectivity index (χ0v) is 43.8. The van der Waals surface area contributed by atoms with Crippen molar-refractivity contribution >= 4 is 45.4 Å². The highest BCUT2D eigenvalue weighted by atomic mass is 19.1. The van der Waals surface area contributed by atoms with Crippen LogP contribution in [-0.2, 0) is 14.3 Å². The molecule has 6 atom stereocenters. The molecule has 14 nitrogen and oxygen atoms in total. The number of benzene rings is 3. The van der Waals surface area contributed by atoms with Gasteiger partial charge >= 0.3 is 6.09 Å². The van der Waals surface area contributed by atoms with Crippen LogP contribution in [0.15, 0.2) is 61.0 Å². The van der Waals surface area contributed by atoms with Crippen LogP contribution in [0.5, 0.6) is 0 Å². The van der Waals surface area contributed by atoms with Crippen LogP contribution in [0.4, 0.5) is 25.0 Å². The molecule has 72 heavy (non-hydrogen) atoms. The number of hydrogen-bond donors (Lipinski definition) is 4. The van der Waals surface area contributed by atoms with Gasteiger partial charge in [-0.05, 0) is 135 Å². The number of imidazole rings is 2. The zero-order valence-electron chi connectivity index (χ0n) is 43.8. The molecule has 2 amide bonds. The molecule has 0 radical (unpaired) electrons. The molecule has 6 heterocycles. The number of amides is 2. The van der Waals surface area contributed by atoms with Crippen molar-refractivity contribution in [3.8, 4) is 0 Å². The largest absolute Gasteiger partial charge is 0.483 e. The van der Waals surface area contributed by atoms with E-state index in [0.29, 0.717) is 43.7 Å². The van der Waals surface area contributed by atoms with E-state index < -0.39 is 23.8 Å². The van der Waals surface area contributed by atoms with Gasteiger partial charge in [-0.3, -0.25) is 9.69 Å². The van der Waals surface area contributed by atoms with Crippen molar-refractivity contribution in [2.75, 3.05) is 56.7 Å². The zero-order chi connectivity index (χ0) is 51.2. The number of aromatic nitrogens is 4. The number of ether oxygens (including phenoxy) is 2. The first-order chi connectivity index (χ1) is 34.4. The van der Waals surface area contributed by atoms with Gasteiger partial charge in [0.05, 0.1) is 60.5 Å². The molecule has 0 bridgehead atoms. The molecule has 4 saturated heterocycles. The summed E-state index contributed by atoms with van der Waals surface area (Å²) in [6.07, 6.45) is 6.40. The molecule has 0 spiro atoms. The van der Waals surface area contributed by atoms with Gasteiger partial charge in [0.1, 0.15) is 23.4 Å². The van der Waals surface area contributed by atoms with E-state index in [2.05, 4.69) is 102 Å². The molecule has 3 aromatic carbocycles. The summed E-state index contributed by atoms with van der Waals surface area (Å²) in [6.45, 7) is 22.2. The van der Waals surface area contributed by atoms with Crippen LogP contribution in [0.2, 0.25) is 0 Å². The van der Waals surface area contributed by atoms with E-state index >= 15 is 8.78 Å². The highest BCUT2D eigenvalue weighted by Gasteiger charge is 2.40. The Kier molecular flexibility index (Phi) is 14.8. The maximum Gasteiger partial charge on any atom is 0.407 e. The molecule has 0 saturated carbocycles. The molecule has 5 aromatic rings. The van der Waals surface area contributed by atoms with Crippen molar-refractivity contribution in [1.29, 1.82) is 0 Å². The van der Waals surface area contributed by atoms with Crippen molar-refractivity contribution in [3.63, 3.8) is 0 Å². The topological polar surface area (TPSA) is 147 Å².